The number of nitrogens with two attached hydrogens (primary N) is 1. The third-order valence-corrected chi connectivity index (χ3v) is 5.74. The minimum atomic E-state index is -0.961. The Balaban J connectivity index is 1.57. The van der Waals surface area contributed by atoms with Crippen molar-refractivity contribution in [2.24, 2.45) is 10.7 Å². The Labute approximate surface area is 182 Å². The van der Waals surface area contributed by atoms with Crippen LogP contribution in [0.3, 0.4) is 0 Å². The lowest BCUT2D eigenvalue weighted by atomic mass is 9.80. The summed E-state index contributed by atoms with van der Waals surface area (Å²) in [7, 11) is 0. The van der Waals surface area contributed by atoms with Gasteiger partial charge in [-0.25, -0.2) is 15.0 Å². The molecule has 3 aromatic heterocycles. The van der Waals surface area contributed by atoms with Gasteiger partial charge in [0.25, 0.3) is 6.02 Å². The minimum absolute atomic E-state index is 0.0797. The van der Waals surface area contributed by atoms with Crippen LogP contribution >= 0.6 is 0 Å². The number of aliphatic imine (C=N–C) groups is 1. The topological polar surface area (TPSA) is 95.5 Å². The van der Waals surface area contributed by atoms with Crippen LogP contribution in [0.1, 0.15) is 11.1 Å². The second-order valence-electron chi connectivity index (χ2n) is 7.57. The molecule has 156 valence electrons. The molecule has 0 amide bonds. The van der Waals surface area contributed by atoms with E-state index in [2.05, 4.69) is 19.9 Å². The zero-order chi connectivity index (χ0) is 21.7. The first-order valence-corrected chi connectivity index (χ1v) is 9.96. The molecule has 0 unspecified atom stereocenters. The number of ether oxygens (including phenoxy) is 2. The van der Waals surface area contributed by atoms with Gasteiger partial charge in [-0.3, -0.25) is 4.98 Å². The minimum Gasteiger partial charge on any atom is -0.462 e. The molecule has 0 saturated heterocycles. The molecule has 1 atom stereocenters. The van der Waals surface area contributed by atoms with Gasteiger partial charge >= 0.3 is 0 Å². The maximum absolute atomic E-state index is 14.4. The molecule has 4 aromatic rings. The molecule has 2 N–H and O–H groups in total. The molecule has 1 spiro atoms. The molecule has 2 aliphatic rings. The number of rotatable bonds is 2. The van der Waals surface area contributed by atoms with Gasteiger partial charge in [0, 0.05) is 41.5 Å². The molecular weight excluding hydrogens is 409 g/mol. The molecule has 2 aliphatic heterocycles. The van der Waals surface area contributed by atoms with Crippen molar-refractivity contribution in [1.29, 1.82) is 0 Å². The summed E-state index contributed by atoms with van der Waals surface area (Å²) in [5.41, 5.74) is 9.33. The molecule has 6 rings (SSSR count). The highest BCUT2D eigenvalue weighted by atomic mass is 19.1. The van der Waals surface area contributed by atoms with E-state index in [4.69, 9.17) is 15.2 Å². The fourth-order valence-electron chi connectivity index (χ4n) is 4.20. The van der Waals surface area contributed by atoms with Crippen LogP contribution < -0.4 is 10.5 Å². The van der Waals surface area contributed by atoms with Gasteiger partial charge in [0.05, 0.1) is 5.56 Å². The Bertz CT molecular complexity index is 1390. The Morgan fingerprint density at radius 3 is 2.53 bits per heavy atom. The van der Waals surface area contributed by atoms with Gasteiger partial charge in [-0.1, -0.05) is 6.07 Å². The van der Waals surface area contributed by atoms with Crippen molar-refractivity contribution in [3.63, 3.8) is 0 Å². The summed E-state index contributed by atoms with van der Waals surface area (Å²) in [6.45, 7) is 0.183. The maximum atomic E-state index is 14.4. The highest BCUT2D eigenvalue weighted by Crippen LogP contribution is 2.51. The van der Waals surface area contributed by atoms with Gasteiger partial charge in [-0.05, 0) is 53.6 Å². The first-order valence-electron chi connectivity index (χ1n) is 9.96. The van der Waals surface area contributed by atoms with Gasteiger partial charge in [0.1, 0.15) is 12.4 Å². The van der Waals surface area contributed by atoms with Crippen molar-refractivity contribution in [2.45, 2.75) is 5.54 Å². The van der Waals surface area contributed by atoms with Crippen LogP contribution in [0.2, 0.25) is 0 Å². The van der Waals surface area contributed by atoms with Crippen LogP contribution in [0.25, 0.3) is 22.3 Å². The van der Waals surface area contributed by atoms with Crippen LogP contribution in [-0.4, -0.2) is 27.6 Å². The van der Waals surface area contributed by atoms with Crippen molar-refractivity contribution >= 4 is 6.02 Å². The van der Waals surface area contributed by atoms with Crippen LogP contribution in [-0.2, 0) is 10.3 Å². The summed E-state index contributed by atoms with van der Waals surface area (Å²) in [5, 5.41) is 0. The van der Waals surface area contributed by atoms with Crippen LogP contribution in [0.5, 0.6) is 11.6 Å². The summed E-state index contributed by atoms with van der Waals surface area (Å²) in [6.07, 6.45) is 6.61. The molecular formula is C24H16FN5O2. The predicted octanol–water partition coefficient (Wildman–Crippen LogP) is 4.04. The summed E-state index contributed by atoms with van der Waals surface area (Å²) < 4.78 is 26.1. The van der Waals surface area contributed by atoms with E-state index in [0.717, 1.165) is 22.3 Å². The molecule has 32 heavy (non-hydrogen) atoms. The average Bonchev–Trinajstić information content (AvgIpc) is 3.22. The zero-order valence-corrected chi connectivity index (χ0v) is 16.7. The van der Waals surface area contributed by atoms with E-state index in [1.54, 1.807) is 42.9 Å². The van der Waals surface area contributed by atoms with E-state index in [9.17, 15) is 4.39 Å². The summed E-state index contributed by atoms with van der Waals surface area (Å²) in [6, 6.07) is 14.7. The highest BCUT2D eigenvalue weighted by molar-refractivity contribution is 5.78. The Hall–Kier alpha value is -4.33. The lowest BCUT2D eigenvalue weighted by Gasteiger charge is -2.33. The van der Waals surface area contributed by atoms with Crippen molar-refractivity contribution in [3.05, 3.63) is 90.4 Å². The van der Waals surface area contributed by atoms with Gasteiger partial charge in [-0.2, -0.15) is 4.39 Å². The van der Waals surface area contributed by atoms with Gasteiger partial charge < -0.3 is 15.2 Å². The second kappa shape index (κ2) is 6.84. The molecule has 8 heteroatoms. The highest BCUT2D eigenvalue weighted by Gasteiger charge is 2.48. The fourth-order valence-corrected chi connectivity index (χ4v) is 4.20. The molecule has 0 aliphatic carbocycles. The SMILES string of the molecule is NC1=N[C@@]2(CO1)c1cc(-c3cccnc3F)ccc1Oc1ncc(-c3ccncc3)cc12. The number of halogens is 1. The van der Waals surface area contributed by atoms with Gasteiger partial charge in [-0.15, -0.1) is 0 Å². The largest absolute Gasteiger partial charge is 0.462 e. The maximum Gasteiger partial charge on any atom is 0.283 e. The lowest BCUT2D eigenvalue weighted by molar-refractivity contribution is 0.262. The average molecular weight is 425 g/mol. The number of pyridine rings is 3. The number of amidine groups is 1. The fraction of sp³-hybridized carbons (Fsp3) is 0.0833. The number of hydrogen-bond acceptors (Lipinski definition) is 7. The molecule has 5 heterocycles. The van der Waals surface area contributed by atoms with Gasteiger partial charge in [0.2, 0.25) is 11.8 Å². The van der Waals surface area contributed by atoms with Gasteiger partial charge in [0.15, 0.2) is 5.54 Å². The second-order valence-corrected chi connectivity index (χ2v) is 7.57. The summed E-state index contributed by atoms with van der Waals surface area (Å²) >= 11 is 0. The van der Waals surface area contributed by atoms with Crippen molar-refractivity contribution in [2.75, 3.05) is 6.61 Å². The first kappa shape index (κ1) is 18.4. The summed E-state index contributed by atoms with van der Waals surface area (Å²) in [4.78, 5) is 17.1. The Kier molecular flexibility index (Phi) is 3.94. The smallest absolute Gasteiger partial charge is 0.283 e. The van der Waals surface area contributed by atoms with Crippen LogP contribution in [0, 0.1) is 5.95 Å². The third kappa shape index (κ3) is 2.73. The standard InChI is InChI=1S/C24H16FN5O2/c25-21-17(2-1-7-28-21)15-3-4-20-18(10-15)24(13-31-23(26)30-24)19-11-16(12-29-22(19)32-20)14-5-8-27-9-6-14/h1-12H,13H2,(H2,26,30)/t24-/m0/s1. The van der Waals surface area contributed by atoms with Crippen LogP contribution in [0.4, 0.5) is 4.39 Å². The van der Waals surface area contributed by atoms with E-state index >= 15 is 0 Å². The third-order valence-electron chi connectivity index (χ3n) is 5.74. The first-order chi connectivity index (χ1) is 15.6. The van der Waals surface area contributed by atoms with E-state index < -0.39 is 11.5 Å². The number of hydrogen-bond donors (Lipinski definition) is 1. The molecule has 0 fully saturated rings. The van der Waals surface area contributed by atoms with Crippen LogP contribution in [0.15, 0.2) is 78.3 Å². The summed E-state index contributed by atoms with van der Waals surface area (Å²) in [5.74, 6) is 0.445. The number of nitrogens with zero attached hydrogens (tertiary/aromatic N) is 4. The quantitative estimate of drug-likeness (QED) is 0.487. The molecule has 0 radical (unpaired) electrons. The number of aromatic nitrogens is 3. The number of benzene rings is 1. The van der Waals surface area contributed by atoms with E-state index in [1.165, 1.54) is 6.20 Å². The predicted molar refractivity (Wildman–Crippen MR) is 116 cm³/mol. The number of fused-ring (bicyclic) bond motifs is 4. The molecule has 0 saturated carbocycles. The molecule has 0 bridgehead atoms. The van der Waals surface area contributed by atoms with E-state index in [1.807, 2.05) is 24.3 Å². The van der Waals surface area contributed by atoms with E-state index in [0.29, 0.717) is 22.8 Å². The Morgan fingerprint density at radius 1 is 0.906 bits per heavy atom. The lowest BCUT2D eigenvalue weighted by Crippen LogP contribution is -2.31. The van der Waals surface area contributed by atoms with Crippen molar-refractivity contribution in [1.82, 2.24) is 15.0 Å². The van der Waals surface area contributed by atoms with Crippen molar-refractivity contribution in [3.8, 4) is 33.9 Å². The zero-order valence-electron chi connectivity index (χ0n) is 16.7. The molecule has 1 aromatic carbocycles. The molecule has 7 nitrogen and oxygen atoms in total. The van der Waals surface area contributed by atoms with E-state index in [-0.39, 0.29) is 12.6 Å². The van der Waals surface area contributed by atoms with Crippen molar-refractivity contribution < 1.29 is 13.9 Å². The monoisotopic (exact) mass is 425 g/mol. The normalized spacial score (nSPS) is 18.3. The Morgan fingerprint density at radius 2 is 1.75 bits per heavy atom.